The summed E-state index contributed by atoms with van der Waals surface area (Å²) in [6.07, 6.45) is 1.81. The number of anilines is 1. The zero-order valence-corrected chi connectivity index (χ0v) is 11.9. The maximum Gasteiger partial charge on any atom is 0.228 e. The minimum atomic E-state index is -0.861. The van der Waals surface area contributed by atoms with Crippen LogP contribution in [0, 0.1) is 17.6 Å². The van der Waals surface area contributed by atoms with Gasteiger partial charge in [0.05, 0.1) is 0 Å². The van der Waals surface area contributed by atoms with Crippen molar-refractivity contribution in [1.29, 1.82) is 0 Å². The first-order valence-corrected chi connectivity index (χ1v) is 6.97. The van der Waals surface area contributed by atoms with Crippen LogP contribution in [-0.4, -0.2) is 10.9 Å². The van der Waals surface area contributed by atoms with Crippen molar-refractivity contribution < 1.29 is 13.6 Å². The van der Waals surface area contributed by atoms with Gasteiger partial charge in [-0.25, -0.2) is 13.8 Å². The zero-order valence-electron chi connectivity index (χ0n) is 11.1. The molecule has 3 nitrogen and oxygen atoms in total. The molecule has 0 fully saturated rings. The second kappa shape index (κ2) is 6.09. The van der Waals surface area contributed by atoms with E-state index in [-0.39, 0.29) is 23.8 Å². The summed E-state index contributed by atoms with van der Waals surface area (Å²) in [6, 6.07) is 4.08. The van der Waals surface area contributed by atoms with E-state index in [4.69, 9.17) is 0 Å². The Labute approximate surface area is 119 Å². The minimum Gasteiger partial charge on any atom is -0.302 e. The molecule has 106 valence electrons. The lowest BCUT2D eigenvalue weighted by molar-refractivity contribution is -0.118. The van der Waals surface area contributed by atoms with Crippen molar-refractivity contribution >= 4 is 22.4 Å². The molecule has 1 N–H and O–H groups in total. The van der Waals surface area contributed by atoms with Gasteiger partial charge in [-0.3, -0.25) is 4.79 Å². The van der Waals surface area contributed by atoms with Gasteiger partial charge in [-0.1, -0.05) is 26.0 Å². The summed E-state index contributed by atoms with van der Waals surface area (Å²) in [6.45, 7) is 3.57. The van der Waals surface area contributed by atoms with E-state index in [1.165, 1.54) is 23.5 Å². The molecule has 0 spiro atoms. The summed E-state index contributed by atoms with van der Waals surface area (Å²) in [4.78, 5) is 16.3. The molecule has 0 radical (unpaired) electrons. The second-order valence-electron chi connectivity index (χ2n) is 4.67. The fourth-order valence-corrected chi connectivity index (χ4v) is 2.41. The van der Waals surface area contributed by atoms with Crippen LogP contribution in [0.2, 0.25) is 0 Å². The molecule has 2 rings (SSSR count). The number of amides is 1. The summed E-state index contributed by atoms with van der Waals surface area (Å²) in [5, 5.41) is 3.14. The Kier molecular flexibility index (Phi) is 4.44. The normalized spacial score (nSPS) is 10.8. The van der Waals surface area contributed by atoms with Crippen molar-refractivity contribution in [2.75, 3.05) is 5.32 Å². The van der Waals surface area contributed by atoms with Gasteiger partial charge in [-0.05, 0) is 11.6 Å². The molecule has 0 aliphatic heterocycles. The average molecular weight is 296 g/mol. The Balaban J connectivity index is 2.10. The molecule has 0 saturated carbocycles. The van der Waals surface area contributed by atoms with E-state index in [0.717, 1.165) is 10.9 Å². The number of rotatable bonds is 4. The molecule has 1 aromatic carbocycles. The number of carbonyl (C=O) groups is 1. The standard InChI is InChI=1S/C14H14F2N2OS/c1-8(2)13(19)18-14-17-7-10(20-14)6-9-4-3-5-11(15)12(9)16/h3-5,7-8H,6H2,1-2H3,(H,17,18,19). The summed E-state index contributed by atoms with van der Waals surface area (Å²) >= 11 is 1.26. The predicted octanol–water partition coefficient (Wildman–Crippen LogP) is 3.61. The third kappa shape index (κ3) is 3.39. The number of nitrogens with zero attached hydrogens (tertiary/aromatic N) is 1. The van der Waals surface area contributed by atoms with E-state index in [0.29, 0.717) is 5.13 Å². The van der Waals surface area contributed by atoms with Gasteiger partial charge in [0.1, 0.15) is 0 Å². The average Bonchev–Trinajstić information content (AvgIpc) is 2.82. The van der Waals surface area contributed by atoms with Gasteiger partial charge in [-0.2, -0.15) is 0 Å². The number of hydrogen-bond donors (Lipinski definition) is 1. The second-order valence-corrected chi connectivity index (χ2v) is 5.78. The summed E-state index contributed by atoms with van der Waals surface area (Å²) < 4.78 is 26.7. The van der Waals surface area contributed by atoms with Gasteiger partial charge in [0.15, 0.2) is 16.8 Å². The molecule has 0 saturated heterocycles. The van der Waals surface area contributed by atoms with Crippen LogP contribution in [-0.2, 0) is 11.2 Å². The highest BCUT2D eigenvalue weighted by Gasteiger charge is 2.12. The molecular weight excluding hydrogens is 282 g/mol. The molecule has 1 amide bonds. The summed E-state index contributed by atoms with van der Waals surface area (Å²) in [5.41, 5.74) is 0.274. The van der Waals surface area contributed by atoms with Gasteiger partial charge < -0.3 is 5.32 Å². The van der Waals surface area contributed by atoms with E-state index in [1.54, 1.807) is 20.0 Å². The van der Waals surface area contributed by atoms with Crippen molar-refractivity contribution in [3.63, 3.8) is 0 Å². The SMILES string of the molecule is CC(C)C(=O)Nc1ncc(Cc2cccc(F)c2F)s1. The lowest BCUT2D eigenvalue weighted by atomic mass is 10.1. The first-order valence-electron chi connectivity index (χ1n) is 6.16. The van der Waals surface area contributed by atoms with Gasteiger partial charge in [-0.15, -0.1) is 11.3 Å². The monoisotopic (exact) mass is 296 g/mol. The van der Waals surface area contributed by atoms with Crippen LogP contribution < -0.4 is 5.32 Å². The van der Waals surface area contributed by atoms with Crippen LogP contribution in [0.5, 0.6) is 0 Å². The molecule has 1 aromatic heterocycles. The number of nitrogens with one attached hydrogen (secondary N) is 1. The lowest BCUT2D eigenvalue weighted by Crippen LogP contribution is -2.17. The Morgan fingerprint density at radius 1 is 1.40 bits per heavy atom. The molecule has 6 heteroatoms. The van der Waals surface area contributed by atoms with Gasteiger partial charge in [0.25, 0.3) is 0 Å². The molecule has 0 atom stereocenters. The minimum absolute atomic E-state index is 0.122. The molecule has 0 aliphatic rings. The topological polar surface area (TPSA) is 42.0 Å². The van der Waals surface area contributed by atoms with Gasteiger partial charge in [0.2, 0.25) is 5.91 Å². The number of aromatic nitrogens is 1. The number of carbonyl (C=O) groups excluding carboxylic acids is 1. The van der Waals surface area contributed by atoms with E-state index in [9.17, 15) is 13.6 Å². The molecule has 2 aromatic rings. The highest BCUT2D eigenvalue weighted by atomic mass is 32.1. The summed E-state index contributed by atoms with van der Waals surface area (Å²) in [5.74, 6) is -1.96. The van der Waals surface area contributed by atoms with Crippen LogP contribution in [0.3, 0.4) is 0 Å². The predicted molar refractivity (Wildman–Crippen MR) is 74.7 cm³/mol. The Morgan fingerprint density at radius 3 is 2.85 bits per heavy atom. The number of hydrogen-bond acceptors (Lipinski definition) is 3. The van der Waals surface area contributed by atoms with Crippen molar-refractivity contribution in [1.82, 2.24) is 4.98 Å². The largest absolute Gasteiger partial charge is 0.302 e. The van der Waals surface area contributed by atoms with E-state index in [1.807, 2.05) is 0 Å². The Morgan fingerprint density at radius 2 is 2.15 bits per heavy atom. The summed E-state index contributed by atoms with van der Waals surface area (Å²) in [7, 11) is 0. The highest BCUT2D eigenvalue weighted by Crippen LogP contribution is 2.23. The fraction of sp³-hybridized carbons (Fsp3) is 0.286. The number of thiazole rings is 1. The van der Waals surface area contributed by atoms with Gasteiger partial charge in [0, 0.05) is 23.4 Å². The maximum atomic E-state index is 13.5. The van der Waals surface area contributed by atoms with E-state index in [2.05, 4.69) is 10.3 Å². The molecular formula is C14H14F2N2OS. The molecule has 1 heterocycles. The number of benzene rings is 1. The fourth-order valence-electron chi connectivity index (χ4n) is 1.57. The quantitative estimate of drug-likeness (QED) is 0.936. The van der Waals surface area contributed by atoms with Crippen LogP contribution in [0.4, 0.5) is 13.9 Å². The van der Waals surface area contributed by atoms with Crippen LogP contribution in [0.15, 0.2) is 24.4 Å². The molecule has 20 heavy (non-hydrogen) atoms. The molecule has 0 aliphatic carbocycles. The van der Waals surface area contributed by atoms with Crippen molar-refractivity contribution in [3.05, 3.63) is 46.5 Å². The third-order valence-electron chi connectivity index (χ3n) is 2.70. The van der Waals surface area contributed by atoms with Crippen LogP contribution in [0.1, 0.15) is 24.3 Å². The van der Waals surface area contributed by atoms with E-state index >= 15 is 0 Å². The third-order valence-corrected chi connectivity index (χ3v) is 3.62. The van der Waals surface area contributed by atoms with E-state index < -0.39 is 11.6 Å². The van der Waals surface area contributed by atoms with Crippen LogP contribution >= 0.6 is 11.3 Å². The molecule has 0 unspecified atom stereocenters. The van der Waals surface area contributed by atoms with Crippen molar-refractivity contribution in [2.24, 2.45) is 5.92 Å². The lowest BCUT2D eigenvalue weighted by Gasteiger charge is -2.03. The number of halogens is 2. The molecule has 0 bridgehead atoms. The van der Waals surface area contributed by atoms with Crippen LogP contribution in [0.25, 0.3) is 0 Å². The Bertz CT molecular complexity index is 625. The smallest absolute Gasteiger partial charge is 0.228 e. The first-order chi connectivity index (χ1) is 9.47. The van der Waals surface area contributed by atoms with Crippen molar-refractivity contribution in [2.45, 2.75) is 20.3 Å². The zero-order chi connectivity index (χ0) is 14.7. The Hall–Kier alpha value is -1.82. The highest BCUT2D eigenvalue weighted by molar-refractivity contribution is 7.15. The van der Waals surface area contributed by atoms with Gasteiger partial charge >= 0.3 is 0 Å². The van der Waals surface area contributed by atoms with Crippen molar-refractivity contribution in [3.8, 4) is 0 Å². The maximum absolute atomic E-state index is 13.5. The first kappa shape index (κ1) is 14.6.